The number of pyridine rings is 1. The molecule has 0 N–H and O–H groups in total. The van der Waals surface area contributed by atoms with Gasteiger partial charge in [0.1, 0.15) is 22.4 Å². The molecule has 12 rings (SSSR count). The number of furan rings is 2. The summed E-state index contributed by atoms with van der Waals surface area (Å²) in [5.41, 5.74) is 13.1. The van der Waals surface area contributed by atoms with E-state index >= 15 is 0 Å². The Balaban J connectivity index is 0.923. The van der Waals surface area contributed by atoms with Crippen molar-refractivity contribution in [1.29, 1.82) is 0 Å². The number of fused-ring (bicyclic) bond motifs is 8. The summed E-state index contributed by atoms with van der Waals surface area (Å²) in [6, 6.07) is 66.3. The first-order chi connectivity index (χ1) is 29.7. The molecule has 0 fully saturated rings. The first kappa shape index (κ1) is 33.9. The molecule has 0 radical (unpaired) electrons. The Bertz CT molecular complexity index is 3580. The molecule has 280 valence electrons. The van der Waals surface area contributed by atoms with E-state index in [0.29, 0.717) is 17.5 Å². The minimum absolute atomic E-state index is 0.602. The van der Waals surface area contributed by atoms with Crippen molar-refractivity contribution < 1.29 is 8.83 Å². The first-order valence-electron chi connectivity index (χ1n) is 20.0. The van der Waals surface area contributed by atoms with Crippen LogP contribution >= 0.6 is 0 Å². The molecule has 0 spiro atoms. The quantitative estimate of drug-likeness (QED) is 0.168. The summed E-state index contributed by atoms with van der Waals surface area (Å²) >= 11 is 0. The minimum atomic E-state index is 0.602. The average Bonchev–Trinajstić information content (AvgIpc) is 3.91. The van der Waals surface area contributed by atoms with E-state index in [4.69, 9.17) is 28.8 Å². The van der Waals surface area contributed by atoms with Gasteiger partial charge in [-0.1, -0.05) is 170 Å². The molecule has 0 aliphatic carbocycles. The Hall–Kier alpha value is -8.22. The molecule has 0 aliphatic heterocycles. The predicted molar refractivity (Wildman–Crippen MR) is 242 cm³/mol. The Labute approximate surface area is 344 Å². The van der Waals surface area contributed by atoms with Crippen molar-refractivity contribution >= 4 is 54.8 Å². The van der Waals surface area contributed by atoms with Gasteiger partial charge >= 0.3 is 0 Å². The van der Waals surface area contributed by atoms with Crippen LogP contribution in [-0.2, 0) is 0 Å². The number of hydrogen-bond acceptors (Lipinski definition) is 6. The largest absolute Gasteiger partial charge is 0.455 e. The highest BCUT2D eigenvalue weighted by Crippen LogP contribution is 2.41. The maximum Gasteiger partial charge on any atom is 0.164 e. The SMILES string of the molecule is c1ccc(-c2nc(-c3ccc(-c4ccc5oc6c(-c7ccccc7)nc7ccccc7c6c5c4)cc3)nc(-c3ccc(-c4cccc5c4oc4ccccc45)cc3)n2)cc1. The van der Waals surface area contributed by atoms with Crippen LogP contribution in [0.4, 0.5) is 0 Å². The molecule has 0 aliphatic rings. The summed E-state index contributed by atoms with van der Waals surface area (Å²) in [6.07, 6.45) is 0. The fourth-order valence-corrected chi connectivity index (χ4v) is 8.39. The molecular weight excluding hydrogens is 737 g/mol. The van der Waals surface area contributed by atoms with Crippen molar-refractivity contribution in [1.82, 2.24) is 19.9 Å². The van der Waals surface area contributed by atoms with Crippen LogP contribution in [0.2, 0.25) is 0 Å². The fraction of sp³-hybridized carbons (Fsp3) is 0. The van der Waals surface area contributed by atoms with Crippen LogP contribution in [0.3, 0.4) is 0 Å². The van der Waals surface area contributed by atoms with Crippen LogP contribution in [0, 0.1) is 0 Å². The number of nitrogens with zero attached hydrogens (tertiary/aromatic N) is 4. The van der Waals surface area contributed by atoms with E-state index < -0.39 is 0 Å². The molecule has 4 aromatic heterocycles. The zero-order valence-corrected chi connectivity index (χ0v) is 32.1. The summed E-state index contributed by atoms with van der Waals surface area (Å²) in [4.78, 5) is 20.1. The summed E-state index contributed by atoms with van der Waals surface area (Å²) in [7, 11) is 0. The Kier molecular flexibility index (Phi) is 7.74. The molecule has 0 amide bonds. The van der Waals surface area contributed by atoms with Crippen molar-refractivity contribution in [3.63, 3.8) is 0 Å². The zero-order chi connectivity index (χ0) is 39.6. The van der Waals surface area contributed by atoms with Crippen LogP contribution in [0.1, 0.15) is 0 Å². The van der Waals surface area contributed by atoms with Crippen molar-refractivity contribution in [3.8, 4) is 67.7 Å². The number of para-hydroxylation sites is 3. The maximum absolute atomic E-state index is 6.58. The molecular formula is C54H32N4O2. The zero-order valence-electron chi connectivity index (χ0n) is 32.1. The normalized spacial score (nSPS) is 11.7. The molecule has 4 heterocycles. The van der Waals surface area contributed by atoms with Crippen LogP contribution in [0.5, 0.6) is 0 Å². The van der Waals surface area contributed by atoms with Crippen molar-refractivity contribution in [3.05, 3.63) is 194 Å². The lowest BCUT2D eigenvalue weighted by Gasteiger charge is -2.10. The average molecular weight is 769 g/mol. The lowest BCUT2D eigenvalue weighted by atomic mass is 9.99. The third-order valence-electron chi connectivity index (χ3n) is 11.4. The second-order valence-corrected chi connectivity index (χ2v) is 15.0. The summed E-state index contributed by atoms with van der Waals surface area (Å²) in [5.74, 6) is 1.82. The van der Waals surface area contributed by atoms with E-state index in [0.717, 1.165) is 105 Å². The molecule has 12 aromatic rings. The second kappa shape index (κ2) is 13.7. The standard InChI is InChI=1S/C54H32N4O2/c1-3-12-35(13-4-1)49-51-48(43-17-7-9-20-45(43)55-49)44-32-39(30-31-47(44)60-51)33-22-26-37(27-23-33)53-56-52(36-14-5-2-6-15-36)57-54(58-53)38-28-24-34(25-29-38)40-18-11-19-42-41-16-8-10-21-46(41)59-50(40)42/h1-32H. The number of benzene rings is 8. The van der Waals surface area contributed by atoms with Gasteiger partial charge in [0.2, 0.25) is 0 Å². The molecule has 6 nitrogen and oxygen atoms in total. The molecule has 0 atom stereocenters. The topological polar surface area (TPSA) is 77.8 Å². The molecule has 8 aromatic carbocycles. The molecule has 6 heteroatoms. The van der Waals surface area contributed by atoms with Gasteiger partial charge < -0.3 is 8.83 Å². The third kappa shape index (κ3) is 5.65. The molecule has 0 bridgehead atoms. The highest BCUT2D eigenvalue weighted by Gasteiger charge is 2.19. The minimum Gasteiger partial charge on any atom is -0.455 e. The fourth-order valence-electron chi connectivity index (χ4n) is 8.39. The summed E-state index contributed by atoms with van der Waals surface area (Å²) in [6.45, 7) is 0. The Morgan fingerprint density at radius 3 is 1.53 bits per heavy atom. The number of rotatable bonds is 6. The maximum atomic E-state index is 6.58. The van der Waals surface area contributed by atoms with E-state index in [-0.39, 0.29) is 0 Å². The molecule has 60 heavy (non-hydrogen) atoms. The van der Waals surface area contributed by atoms with Gasteiger partial charge in [0.05, 0.1) is 5.52 Å². The van der Waals surface area contributed by atoms with Crippen LogP contribution in [0.25, 0.3) is 122 Å². The van der Waals surface area contributed by atoms with Gasteiger partial charge in [0.15, 0.2) is 23.1 Å². The highest BCUT2D eigenvalue weighted by molar-refractivity contribution is 6.21. The van der Waals surface area contributed by atoms with Gasteiger partial charge in [0.25, 0.3) is 0 Å². The molecule has 0 unspecified atom stereocenters. The monoisotopic (exact) mass is 768 g/mol. The lowest BCUT2D eigenvalue weighted by Crippen LogP contribution is -2.00. The van der Waals surface area contributed by atoms with E-state index in [1.54, 1.807) is 0 Å². The lowest BCUT2D eigenvalue weighted by molar-refractivity contribution is 0.668. The van der Waals surface area contributed by atoms with Gasteiger partial charge in [-0.2, -0.15) is 0 Å². The van der Waals surface area contributed by atoms with Crippen molar-refractivity contribution in [2.45, 2.75) is 0 Å². The third-order valence-corrected chi connectivity index (χ3v) is 11.4. The molecule has 0 saturated heterocycles. The van der Waals surface area contributed by atoms with Crippen LogP contribution < -0.4 is 0 Å². The van der Waals surface area contributed by atoms with Gasteiger partial charge in [-0.25, -0.2) is 19.9 Å². The Morgan fingerprint density at radius 1 is 0.300 bits per heavy atom. The predicted octanol–water partition coefficient (Wildman–Crippen LogP) is 14.2. The van der Waals surface area contributed by atoms with Gasteiger partial charge in [-0.15, -0.1) is 0 Å². The van der Waals surface area contributed by atoms with Gasteiger partial charge in [-0.05, 0) is 41.0 Å². The number of aromatic nitrogens is 4. The van der Waals surface area contributed by atoms with Gasteiger partial charge in [0, 0.05) is 54.7 Å². The second-order valence-electron chi connectivity index (χ2n) is 15.0. The van der Waals surface area contributed by atoms with E-state index in [2.05, 4.69) is 121 Å². The van der Waals surface area contributed by atoms with Gasteiger partial charge in [-0.3, -0.25) is 0 Å². The van der Waals surface area contributed by atoms with Crippen LogP contribution in [-0.4, -0.2) is 19.9 Å². The van der Waals surface area contributed by atoms with Crippen LogP contribution in [0.15, 0.2) is 203 Å². The van der Waals surface area contributed by atoms with E-state index in [9.17, 15) is 0 Å². The first-order valence-corrected chi connectivity index (χ1v) is 20.0. The highest BCUT2D eigenvalue weighted by atomic mass is 16.3. The van der Waals surface area contributed by atoms with E-state index in [1.807, 2.05) is 72.8 Å². The smallest absolute Gasteiger partial charge is 0.164 e. The van der Waals surface area contributed by atoms with Crippen molar-refractivity contribution in [2.75, 3.05) is 0 Å². The van der Waals surface area contributed by atoms with E-state index in [1.165, 1.54) is 0 Å². The Morgan fingerprint density at radius 2 is 0.817 bits per heavy atom. The number of hydrogen-bond donors (Lipinski definition) is 0. The van der Waals surface area contributed by atoms with Crippen molar-refractivity contribution in [2.24, 2.45) is 0 Å². The molecule has 0 saturated carbocycles. The summed E-state index contributed by atoms with van der Waals surface area (Å²) < 4.78 is 12.9. The summed E-state index contributed by atoms with van der Waals surface area (Å²) in [5, 5.41) is 5.40.